The number of carbonyl (C=O) groups is 2. The third kappa shape index (κ3) is 8.83. The highest BCUT2D eigenvalue weighted by molar-refractivity contribution is 7.92. The van der Waals surface area contributed by atoms with E-state index in [1.54, 1.807) is 36.4 Å². The van der Waals surface area contributed by atoms with E-state index in [0.29, 0.717) is 10.7 Å². The van der Waals surface area contributed by atoms with Gasteiger partial charge in [0.15, 0.2) is 0 Å². The second-order valence-electron chi connectivity index (χ2n) is 11.1. The van der Waals surface area contributed by atoms with E-state index in [1.165, 1.54) is 4.90 Å². The summed E-state index contributed by atoms with van der Waals surface area (Å²) in [7, 11) is -3.82. The number of anilines is 1. The highest BCUT2D eigenvalue weighted by Crippen LogP contribution is 2.23. The zero-order valence-corrected chi connectivity index (χ0v) is 25.5. The molecular weight excluding hydrogens is 546 g/mol. The van der Waals surface area contributed by atoms with Crippen LogP contribution in [0.3, 0.4) is 0 Å². The first-order valence-electron chi connectivity index (χ1n) is 13.1. The fraction of sp³-hybridized carbons (Fsp3) is 0.355. The van der Waals surface area contributed by atoms with Gasteiger partial charge in [0.25, 0.3) is 0 Å². The van der Waals surface area contributed by atoms with Gasteiger partial charge < -0.3 is 10.2 Å². The molecule has 0 aliphatic heterocycles. The lowest BCUT2D eigenvalue weighted by Crippen LogP contribution is -2.56. The van der Waals surface area contributed by atoms with E-state index < -0.39 is 34.1 Å². The molecule has 1 N–H and O–H groups in total. The lowest BCUT2D eigenvalue weighted by Gasteiger charge is -2.35. The zero-order valence-electron chi connectivity index (χ0n) is 23.9. The van der Waals surface area contributed by atoms with Gasteiger partial charge in [-0.25, -0.2) is 8.42 Å². The van der Waals surface area contributed by atoms with Crippen molar-refractivity contribution in [3.05, 3.63) is 100 Å². The monoisotopic (exact) mass is 583 g/mol. The van der Waals surface area contributed by atoms with Crippen LogP contribution in [-0.4, -0.2) is 49.5 Å². The quantitative estimate of drug-likeness (QED) is 0.352. The average Bonchev–Trinajstić information content (AvgIpc) is 2.86. The molecule has 0 aliphatic rings. The predicted octanol–water partition coefficient (Wildman–Crippen LogP) is 5.28. The van der Waals surface area contributed by atoms with Crippen LogP contribution in [-0.2, 0) is 32.6 Å². The minimum atomic E-state index is -3.82. The van der Waals surface area contributed by atoms with Crippen LogP contribution >= 0.6 is 11.6 Å². The number of nitrogens with zero attached hydrogens (tertiary/aromatic N) is 2. The van der Waals surface area contributed by atoms with Crippen molar-refractivity contribution in [1.82, 2.24) is 10.2 Å². The Labute approximate surface area is 243 Å². The van der Waals surface area contributed by atoms with Crippen LogP contribution < -0.4 is 9.62 Å². The van der Waals surface area contributed by atoms with Crippen molar-refractivity contribution in [3.8, 4) is 0 Å². The summed E-state index contributed by atoms with van der Waals surface area (Å²) in [5.41, 5.74) is 3.40. The van der Waals surface area contributed by atoms with Crippen molar-refractivity contribution in [2.75, 3.05) is 17.1 Å². The number of hydrogen-bond acceptors (Lipinski definition) is 4. The summed E-state index contributed by atoms with van der Waals surface area (Å²) in [4.78, 5) is 29.3. The van der Waals surface area contributed by atoms with Gasteiger partial charge in [0, 0.05) is 23.5 Å². The Bertz CT molecular complexity index is 1440. The van der Waals surface area contributed by atoms with Gasteiger partial charge in [-0.2, -0.15) is 0 Å². The summed E-state index contributed by atoms with van der Waals surface area (Å²) >= 11 is 6.10. The largest absolute Gasteiger partial charge is 0.350 e. The molecule has 214 valence electrons. The van der Waals surface area contributed by atoms with Crippen LogP contribution in [0.2, 0.25) is 5.02 Å². The molecule has 0 spiro atoms. The fourth-order valence-corrected chi connectivity index (χ4v) is 5.26. The predicted molar refractivity (Wildman–Crippen MR) is 162 cm³/mol. The highest BCUT2D eigenvalue weighted by Gasteiger charge is 2.34. The van der Waals surface area contributed by atoms with Crippen LogP contribution in [0.4, 0.5) is 5.69 Å². The number of rotatable bonds is 10. The van der Waals surface area contributed by atoms with Gasteiger partial charge in [0.05, 0.1) is 11.9 Å². The molecule has 9 heteroatoms. The van der Waals surface area contributed by atoms with Crippen LogP contribution in [0.1, 0.15) is 43.0 Å². The SMILES string of the molecule is Cc1ccc(N(CC(=O)N(Cc2ccc(Cl)cc2)C(Cc2ccccc2)C(=O)NC(C)(C)C)S(C)(=O)=O)cc1C. The second-order valence-corrected chi connectivity index (χ2v) is 13.5. The zero-order chi connectivity index (χ0) is 29.7. The molecule has 2 amide bonds. The Morgan fingerprint density at radius 1 is 0.900 bits per heavy atom. The molecule has 40 heavy (non-hydrogen) atoms. The standard InChI is InChI=1S/C31H38ClN3O4S/c1-22-12-17-27(18-23(22)2)35(40(6,38)39)21-29(36)34(20-25-13-15-26(32)16-14-25)28(30(37)33-31(3,4)5)19-24-10-8-7-9-11-24/h7-18,28H,19-21H2,1-6H3,(H,33,37). The van der Waals surface area contributed by atoms with Crippen molar-refractivity contribution in [3.63, 3.8) is 0 Å². The van der Waals surface area contributed by atoms with Gasteiger partial charge in [0.1, 0.15) is 12.6 Å². The van der Waals surface area contributed by atoms with E-state index in [1.807, 2.05) is 71.0 Å². The van der Waals surface area contributed by atoms with Crippen molar-refractivity contribution >= 4 is 39.1 Å². The average molecular weight is 584 g/mol. The minimum absolute atomic E-state index is 0.0929. The number of aryl methyl sites for hydroxylation is 2. The first-order chi connectivity index (χ1) is 18.6. The summed E-state index contributed by atoms with van der Waals surface area (Å²) in [6, 6.07) is 20.8. The summed E-state index contributed by atoms with van der Waals surface area (Å²) in [6.07, 6.45) is 1.33. The maximum Gasteiger partial charge on any atom is 0.244 e. The Morgan fingerprint density at radius 3 is 2.08 bits per heavy atom. The van der Waals surface area contributed by atoms with Gasteiger partial charge in [-0.1, -0.05) is 60.1 Å². The number of hydrogen-bond donors (Lipinski definition) is 1. The molecule has 0 saturated heterocycles. The molecule has 0 saturated carbocycles. The first-order valence-corrected chi connectivity index (χ1v) is 15.3. The molecule has 3 rings (SSSR count). The maximum absolute atomic E-state index is 14.1. The number of benzene rings is 3. The van der Waals surface area contributed by atoms with Crippen LogP contribution in [0.25, 0.3) is 0 Å². The van der Waals surface area contributed by atoms with Crippen molar-refractivity contribution in [2.24, 2.45) is 0 Å². The van der Waals surface area contributed by atoms with E-state index in [4.69, 9.17) is 11.6 Å². The molecule has 0 fully saturated rings. The van der Waals surface area contributed by atoms with Gasteiger partial charge in [-0.15, -0.1) is 0 Å². The van der Waals surface area contributed by atoms with Crippen molar-refractivity contribution in [1.29, 1.82) is 0 Å². The second kappa shape index (κ2) is 12.9. The minimum Gasteiger partial charge on any atom is -0.350 e. The molecule has 7 nitrogen and oxygen atoms in total. The summed E-state index contributed by atoms with van der Waals surface area (Å²) in [5, 5.41) is 3.56. The van der Waals surface area contributed by atoms with Gasteiger partial charge >= 0.3 is 0 Å². The van der Waals surface area contributed by atoms with Crippen molar-refractivity contribution in [2.45, 2.75) is 59.2 Å². The molecule has 0 aliphatic carbocycles. The van der Waals surface area contributed by atoms with Crippen LogP contribution in [0.15, 0.2) is 72.8 Å². The summed E-state index contributed by atoms with van der Waals surface area (Å²) < 4.78 is 26.9. The van der Waals surface area contributed by atoms with E-state index >= 15 is 0 Å². The third-order valence-corrected chi connectivity index (χ3v) is 7.89. The van der Waals surface area contributed by atoms with Crippen LogP contribution in [0, 0.1) is 13.8 Å². The van der Waals surface area contributed by atoms with Gasteiger partial charge in [-0.05, 0) is 81.1 Å². The fourth-order valence-electron chi connectivity index (χ4n) is 4.29. The summed E-state index contributed by atoms with van der Waals surface area (Å²) in [5.74, 6) is -0.820. The van der Waals surface area contributed by atoms with Crippen molar-refractivity contribution < 1.29 is 18.0 Å². The molecule has 1 atom stereocenters. The molecule has 0 bridgehead atoms. The molecule has 1 unspecified atom stereocenters. The smallest absolute Gasteiger partial charge is 0.244 e. The first kappa shape index (κ1) is 31.2. The number of carbonyl (C=O) groups excluding carboxylic acids is 2. The molecule has 3 aromatic carbocycles. The van der Waals surface area contributed by atoms with E-state index in [-0.39, 0.29) is 18.9 Å². The lowest BCUT2D eigenvalue weighted by molar-refractivity contribution is -0.140. The Balaban J connectivity index is 2.08. The Morgan fingerprint density at radius 2 is 1.52 bits per heavy atom. The molecule has 0 radical (unpaired) electrons. The molecule has 0 aromatic heterocycles. The number of amides is 2. The topological polar surface area (TPSA) is 86.8 Å². The Hall–Kier alpha value is -3.36. The summed E-state index contributed by atoms with van der Waals surface area (Å²) in [6.45, 7) is 9.09. The normalized spacial score (nSPS) is 12.5. The van der Waals surface area contributed by atoms with E-state index in [2.05, 4.69) is 5.32 Å². The Kier molecular flexibility index (Phi) is 10.0. The number of nitrogens with one attached hydrogen (secondary N) is 1. The van der Waals surface area contributed by atoms with E-state index in [0.717, 1.165) is 32.8 Å². The number of sulfonamides is 1. The van der Waals surface area contributed by atoms with Gasteiger partial charge in [-0.3, -0.25) is 13.9 Å². The molecule has 3 aromatic rings. The lowest BCUT2D eigenvalue weighted by atomic mass is 10.0. The van der Waals surface area contributed by atoms with Crippen LogP contribution in [0.5, 0.6) is 0 Å². The number of halogens is 1. The molecular formula is C31H38ClN3O4S. The van der Waals surface area contributed by atoms with Gasteiger partial charge in [0.2, 0.25) is 21.8 Å². The van der Waals surface area contributed by atoms with E-state index in [9.17, 15) is 18.0 Å². The third-order valence-electron chi connectivity index (χ3n) is 6.49. The maximum atomic E-state index is 14.1. The highest BCUT2D eigenvalue weighted by atomic mass is 35.5. The molecule has 0 heterocycles.